The van der Waals surface area contributed by atoms with Crippen LogP contribution in [0.25, 0.3) is 11.5 Å². The van der Waals surface area contributed by atoms with Crippen LogP contribution >= 0.6 is 0 Å². The van der Waals surface area contributed by atoms with E-state index in [1.165, 1.54) is 5.56 Å². The molecule has 3 aromatic rings. The molecule has 1 amide bonds. The number of carbonyl (C=O) groups is 1. The van der Waals surface area contributed by atoms with E-state index in [9.17, 15) is 4.79 Å². The van der Waals surface area contributed by atoms with E-state index in [2.05, 4.69) is 32.2 Å². The van der Waals surface area contributed by atoms with E-state index in [0.717, 1.165) is 49.4 Å². The predicted molar refractivity (Wildman–Crippen MR) is 110 cm³/mol. The monoisotopic (exact) mass is 389 g/mol. The Hall–Kier alpha value is -3.22. The van der Waals surface area contributed by atoms with Gasteiger partial charge >= 0.3 is 0 Å². The fourth-order valence-corrected chi connectivity index (χ4v) is 4.29. The van der Waals surface area contributed by atoms with E-state index in [-0.39, 0.29) is 11.8 Å². The highest BCUT2D eigenvalue weighted by atomic mass is 16.5. The molecule has 1 saturated heterocycles. The van der Waals surface area contributed by atoms with Gasteiger partial charge in [-0.3, -0.25) is 4.79 Å². The molecule has 5 rings (SSSR count). The number of benzene rings is 1. The first-order valence-electron chi connectivity index (χ1n) is 10.1. The Morgan fingerprint density at radius 1 is 1.17 bits per heavy atom. The number of rotatable bonds is 3. The molecule has 0 radical (unpaired) electrons. The summed E-state index contributed by atoms with van der Waals surface area (Å²) >= 11 is 0. The van der Waals surface area contributed by atoms with Gasteiger partial charge in [-0.2, -0.15) is 4.98 Å². The Balaban J connectivity index is 1.30. The lowest BCUT2D eigenvalue weighted by Crippen LogP contribution is -2.44. The average Bonchev–Trinajstić information content (AvgIpc) is 3.40. The number of aromatic nitrogens is 3. The molecule has 0 saturated carbocycles. The van der Waals surface area contributed by atoms with E-state index >= 15 is 0 Å². The van der Waals surface area contributed by atoms with Crippen molar-refractivity contribution in [2.45, 2.75) is 26.2 Å². The number of para-hydroxylation sites is 1. The van der Waals surface area contributed by atoms with Crippen LogP contribution in [0.5, 0.6) is 0 Å². The van der Waals surface area contributed by atoms with Gasteiger partial charge in [0.05, 0.1) is 11.5 Å². The van der Waals surface area contributed by atoms with Crippen LogP contribution in [0.1, 0.15) is 24.2 Å². The summed E-state index contributed by atoms with van der Waals surface area (Å²) in [7, 11) is 0. The highest BCUT2D eigenvalue weighted by Gasteiger charge is 2.33. The number of anilines is 2. The van der Waals surface area contributed by atoms with Crippen molar-refractivity contribution in [1.82, 2.24) is 15.1 Å². The Kier molecular flexibility index (Phi) is 4.50. The van der Waals surface area contributed by atoms with Crippen molar-refractivity contribution < 1.29 is 9.32 Å². The van der Waals surface area contributed by atoms with E-state index < -0.39 is 0 Å². The molecule has 2 aliphatic rings. The summed E-state index contributed by atoms with van der Waals surface area (Å²) in [6, 6.07) is 12.1. The molecule has 1 aromatic carbocycles. The zero-order chi connectivity index (χ0) is 19.8. The number of aryl methyl sites for hydroxylation is 1. The quantitative estimate of drug-likeness (QED) is 0.685. The lowest BCUT2D eigenvalue weighted by molar-refractivity contribution is -0.122. The maximum atomic E-state index is 13.2. The molecule has 7 nitrogen and oxygen atoms in total. The second kappa shape index (κ2) is 7.31. The topological polar surface area (TPSA) is 75.4 Å². The van der Waals surface area contributed by atoms with Crippen molar-refractivity contribution in [2.75, 3.05) is 29.4 Å². The van der Waals surface area contributed by atoms with Crippen LogP contribution in [0.2, 0.25) is 0 Å². The van der Waals surface area contributed by atoms with Gasteiger partial charge in [-0.25, -0.2) is 4.98 Å². The van der Waals surface area contributed by atoms with Gasteiger partial charge in [0.1, 0.15) is 5.82 Å². The van der Waals surface area contributed by atoms with Crippen LogP contribution in [0.4, 0.5) is 11.5 Å². The molecule has 0 aliphatic carbocycles. The minimum Gasteiger partial charge on any atom is -0.356 e. The van der Waals surface area contributed by atoms with E-state index in [1.807, 2.05) is 29.2 Å². The smallest absolute Gasteiger partial charge is 0.259 e. The number of amides is 1. The van der Waals surface area contributed by atoms with Crippen LogP contribution < -0.4 is 9.80 Å². The largest absolute Gasteiger partial charge is 0.356 e. The van der Waals surface area contributed by atoms with Crippen molar-refractivity contribution in [3.05, 3.63) is 54.0 Å². The van der Waals surface area contributed by atoms with E-state index in [4.69, 9.17) is 4.52 Å². The molecule has 4 heterocycles. The van der Waals surface area contributed by atoms with Crippen molar-refractivity contribution in [2.24, 2.45) is 5.92 Å². The summed E-state index contributed by atoms with van der Waals surface area (Å²) in [4.78, 5) is 26.2. The van der Waals surface area contributed by atoms with Crippen molar-refractivity contribution in [3.63, 3.8) is 0 Å². The zero-order valence-electron chi connectivity index (χ0n) is 16.4. The summed E-state index contributed by atoms with van der Waals surface area (Å²) in [6.45, 7) is 4.18. The Morgan fingerprint density at radius 3 is 2.86 bits per heavy atom. The highest BCUT2D eigenvalue weighted by molar-refractivity contribution is 5.97. The van der Waals surface area contributed by atoms with Gasteiger partial charge in [0.2, 0.25) is 5.91 Å². The van der Waals surface area contributed by atoms with Crippen LogP contribution in [-0.2, 0) is 11.2 Å². The second-order valence-corrected chi connectivity index (χ2v) is 7.71. The molecule has 1 fully saturated rings. The standard InChI is InChI=1S/C22H23N5O2/c1-15-24-21(29-25-15)17-8-9-20(23-13-17)26-11-4-6-18(14-26)22(28)27-12-10-16-5-2-3-7-19(16)27/h2-3,5,7-9,13,18H,4,6,10-12,14H2,1H3/t18-/m1/s1. The molecule has 7 heteroatoms. The number of hydrogen-bond donors (Lipinski definition) is 0. The van der Waals surface area contributed by atoms with Gasteiger partial charge in [0, 0.05) is 31.5 Å². The number of nitrogens with zero attached hydrogens (tertiary/aromatic N) is 5. The van der Waals surface area contributed by atoms with Gasteiger partial charge in [-0.05, 0) is 49.9 Å². The molecule has 0 unspecified atom stereocenters. The third-order valence-corrected chi connectivity index (χ3v) is 5.77. The van der Waals surface area contributed by atoms with E-state index in [1.54, 1.807) is 13.1 Å². The summed E-state index contributed by atoms with van der Waals surface area (Å²) < 4.78 is 5.20. The summed E-state index contributed by atoms with van der Waals surface area (Å²) in [5, 5.41) is 3.82. The van der Waals surface area contributed by atoms with Crippen molar-refractivity contribution in [1.29, 1.82) is 0 Å². The fraction of sp³-hybridized carbons (Fsp3) is 0.364. The zero-order valence-corrected chi connectivity index (χ0v) is 16.4. The van der Waals surface area contributed by atoms with Gasteiger partial charge in [0.25, 0.3) is 5.89 Å². The second-order valence-electron chi connectivity index (χ2n) is 7.71. The van der Waals surface area contributed by atoms with Gasteiger partial charge < -0.3 is 14.3 Å². The molecule has 0 spiro atoms. The predicted octanol–water partition coefficient (Wildman–Crippen LogP) is 3.25. The number of carbonyl (C=O) groups excluding carboxylic acids is 1. The Morgan fingerprint density at radius 2 is 2.07 bits per heavy atom. The van der Waals surface area contributed by atoms with Gasteiger partial charge in [0.15, 0.2) is 5.82 Å². The lowest BCUT2D eigenvalue weighted by Gasteiger charge is -2.34. The van der Waals surface area contributed by atoms with Crippen LogP contribution in [0.15, 0.2) is 47.1 Å². The third kappa shape index (κ3) is 3.37. The first kappa shape index (κ1) is 17.8. The number of piperidine rings is 1. The third-order valence-electron chi connectivity index (χ3n) is 5.77. The molecule has 148 valence electrons. The molecule has 2 aliphatic heterocycles. The summed E-state index contributed by atoms with van der Waals surface area (Å²) in [6.07, 6.45) is 4.60. The van der Waals surface area contributed by atoms with Gasteiger partial charge in [-0.15, -0.1) is 0 Å². The number of fused-ring (bicyclic) bond motifs is 1. The Labute approximate surface area is 169 Å². The Bertz CT molecular complexity index is 1030. The first-order chi connectivity index (χ1) is 14.2. The molecule has 29 heavy (non-hydrogen) atoms. The van der Waals surface area contributed by atoms with Crippen LogP contribution in [0, 0.1) is 12.8 Å². The number of pyridine rings is 1. The molecule has 2 aromatic heterocycles. The van der Waals surface area contributed by atoms with Crippen LogP contribution in [-0.4, -0.2) is 40.7 Å². The summed E-state index contributed by atoms with van der Waals surface area (Å²) in [5.74, 6) is 2.18. The average molecular weight is 389 g/mol. The highest BCUT2D eigenvalue weighted by Crippen LogP contribution is 2.31. The minimum absolute atomic E-state index is 0.00465. The van der Waals surface area contributed by atoms with Gasteiger partial charge in [-0.1, -0.05) is 23.4 Å². The van der Waals surface area contributed by atoms with Crippen LogP contribution in [0.3, 0.4) is 0 Å². The SMILES string of the molecule is Cc1noc(-c2ccc(N3CCC[C@@H](C(=O)N4CCc5ccccc54)C3)nc2)n1. The summed E-state index contributed by atoms with van der Waals surface area (Å²) in [5.41, 5.74) is 3.14. The maximum Gasteiger partial charge on any atom is 0.259 e. The van der Waals surface area contributed by atoms with Crippen molar-refractivity contribution in [3.8, 4) is 11.5 Å². The van der Waals surface area contributed by atoms with E-state index in [0.29, 0.717) is 18.3 Å². The normalized spacial score (nSPS) is 18.7. The lowest BCUT2D eigenvalue weighted by atomic mass is 9.96. The molecule has 1 atom stereocenters. The fourth-order valence-electron chi connectivity index (χ4n) is 4.29. The first-order valence-corrected chi connectivity index (χ1v) is 10.1. The van der Waals surface area contributed by atoms with Crippen molar-refractivity contribution >= 4 is 17.4 Å². The number of hydrogen-bond acceptors (Lipinski definition) is 6. The maximum absolute atomic E-state index is 13.2. The molecule has 0 N–H and O–H groups in total. The molecular weight excluding hydrogens is 366 g/mol. The molecular formula is C22H23N5O2. The minimum atomic E-state index is -0.00465. The molecule has 0 bridgehead atoms.